The third-order valence-corrected chi connectivity index (χ3v) is 6.36. The van der Waals surface area contributed by atoms with Crippen molar-refractivity contribution < 1.29 is 42.1 Å². The molecule has 5 unspecified atom stereocenters. The molecule has 2 aliphatic rings. The number of hydrogen-bond acceptors (Lipinski definition) is 6. The van der Waals surface area contributed by atoms with Gasteiger partial charge in [0.25, 0.3) is 0 Å². The molecule has 0 aromatic heterocycles. The lowest BCUT2D eigenvalue weighted by Gasteiger charge is -2.24. The predicted octanol–water partition coefficient (Wildman–Crippen LogP) is 4.40. The molecule has 0 spiro atoms. The fraction of sp³-hybridized carbons (Fsp3) is 0.440. The Labute approximate surface area is 194 Å². The minimum atomic E-state index is -4.48. The number of hydrogen-bond donors (Lipinski definition) is 1. The van der Waals surface area contributed by atoms with Crippen molar-refractivity contribution in [2.24, 2.45) is 11.8 Å². The Kier molecular flexibility index (Phi) is 7.11. The van der Waals surface area contributed by atoms with E-state index in [4.69, 9.17) is 14.2 Å². The smallest absolute Gasteiger partial charge is 0.416 e. The first kappa shape index (κ1) is 24.1. The number of aliphatic hydroxyl groups excluding tert-OH is 1. The zero-order valence-corrected chi connectivity index (χ0v) is 18.2. The van der Waals surface area contributed by atoms with Crippen LogP contribution in [0.25, 0.3) is 0 Å². The zero-order valence-electron chi connectivity index (χ0n) is 18.2. The van der Waals surface area contributed by atoms with Crippen molar-refractivity contribution >= 4 is 11.9 Å². The molecule has 1 aliphatic heterocycles. The van der Waals surface area contributed by atoms with Crippen LogP contribution in [-0.4, -0.2) is 42.0 Å². The summed E-state index contributed by atoms with van der Waals surface area (Å²) in [7, 11) is 0. The molecule has 2 aromatic carbocycles. The van der Waals surface area contributed by atoms with E-state index < -0.39 is 29.9 Å². The Morgan fingerprint density at radius 2 is 1.91 bits per heavy atom. The lowest BCUT2D eigenvalue weighted by molar-refractivity contribution is -0.142. The summed E-state index contributed by atoms with van der Waals surface area (Å²) < 4.78 is 55.0. The molecule has 1 N–H and O–H groups in total. The van der Waals surface area contributed by atoms with Crippen molar-refractivity contribution in [3.63, 3.8) is 0 Å². The van der Waals surface area contributed by atoms with Crippen LogP contribution in [0.3, 0.4) is 0 Å². The number of fused-ring (bicyclic) bond motifs is 1. The van der Waals surface area contributed by atoms with E-state index in [1.807, 2.05) is 0 Å². The van der Waals surface area contributed by atoms with Crippen molar-refractivity contribution in [3.05, 3.63) is 65.7 Å². The van der Waals surface area contributed by atoms with Crippen LogP contribution in [0.15, 0.2) is 54.6 Å². The number of aliphatic hydroxyl groups is 1. The minimum Gasteiger partial charge on any atom is -0.491 e. The van der Waals surface area contributed by atoms with Crippen molar-refractivity contribution in [2.45, 2.75) is 50.2 Å². The number of carbonyl (C=O) groups excluding carboxylic acids is 2. The second kappa shape index (κ2) is 10.0. The highest BCUT2D eigenvalue weighted by molar-refractivity contribution is 5.89. The van der Waals surface area contributed by atoms with E-state index >= 15 is 0 Å². The molecule has 1 saturated heterocycles. The fourth-order valence-corrected chi connectivity index (χ4v) is 4.70. The molecule has 0 amide bonds. The lowest BCUT2D eigenvalue weighted by Crippen LogP contribution is -2.28. The van der Waals surface area contributed by atoms with Gasteiger partial charge >= 0.3 is 18.1 Å². The predicted molar refractivity (Wildman–Crippen MR) is 114 cm³/mol. The maximum atomic E-state index is 12.9. The summed E-state index contributed by atoms with van der Waals surface area (Å²) in [5.41, 5.74) is -0.407. The molecule has 6 nitrogen and oxygen atoms in total. The molecule has 0 radical (unpaired) electrons. The summed E-state index contributed by atoms with van der Waals surface area (Å²) in [5, 5.41) is 10.4. The summed E-state index contributed by atoms with van der Waals surface area (Å²) in [4.78, 5) is 24.3. The van der Waals surface area contributed by atoms with E-state index in [9.17, 15) is 27.9 Å². The highest BCUT2D eigenvalue weighted by atomic mass is 19.4. The number of carbonyl (C=O) groups is 2. The normalized spacial score (nSPS) is 24.9. The van der Waals surface area contributed by atoms with E-state index in [-0.39, 0.29) is 49.1 Å². The summed E-state index contributed by atoms with van der Waals surface area (Å²) >= 11 is 0. The fourth-order valence-electron chi connectivity index (χ4n) is 4.70. The van der Waals surface area contributed by atoms with Gasteiger partial charge in [-0.1, -0.05) is 24.3 Å². The summed E-state index contributed by atoms with van der Waals surface area (Å²) in [6, 6.07) is 13.0. The van der Waals surface area contributed by atoms with Gasteiger partial charge in [-0.25, -0.2) is 4.79 Å². The highest BCUT2D eigenvalue weighted by Crippen LogP contribution is 2.45. The van der Waals surface area contributed by atoms with Gasteiger partial charge in [0.15, 0.2) is 0 Å². The summed E-state index contributed by atoms with van der Waals surface area (Å²) in [6.45, 7) is -0.188. The minimum absolute atomic E-state index is 0.0132. The van der Waals surface area contributed by atoms with Gasteiger partial charge in [-0.3, -0.25) is 4.79 Å². The third kappa shape index (κ3) is 5.70. The number of halogens is 3. The summed E-state index contributed by atoms with van der Waals surface area (Å²) in [5.74, 6) is -1.04. The first-order valence-electron chi connectivity index (χ1n) is 11.1. The van der Waals surface area contributed by atoms with Crippen LogP contribution in [0.2, 0.25) is 0 Å². The van der Waals surface area contributed by atoms with Crippen LogP contribution in [0.1, 0.15) is 41.6 Å². The van der Waals surface area contributed by atoms with Crippen LogP contribution < -0.4 is 4.74 Å². The molecule has 9 heteroatoms. The third-order valence-electron chi connectivity index (χ3n) is 6.36. The number of ether oxygens (including phenoxy) is 3. The quantitative estimate of drug-likeness (QED) is 0.567. The Hall–Kier alpha value is -3.07. The maximum absolute atomic E-state index is 12.9. The Bertz CT molecular complexity index is 1010. The molecule has 5 atom stereocenters. The monoisotopic (exact) mass is 478 g/mol. The van der Waals surface area contributed by atoms with Gasteiger partial charge in [0.05, 0.1) is 23.7 Å². The molecular weight excluding hydrogens is 453 g/mol. The average molecular weight is 478 g/mol. The first-order chi connectivity index (χ1) is 16.2. The van der Waals surface area contributed by atoms with Crippen LogP contribution in [0.4, 0.5) is 13.2 Å². The van der Waals surface area contributed by atoms with E-state index in [0.717, 1.165) is 12.1 Å². The molecule has 1 saturated carbocycles. The SMILES string of the molecule is O=C1CC2C(CC(OC(=O)c3ccccc3)C2CCC(O)COc2cccc(C(F)(F)F)c2)O1. The van der Waals surface area contributed by atoms with Crippen molar-refractivity contribution in [1.82, 2.24) is 0 Å². The van der Waals surface area contributed by atoms with E-state index in [1.165, 1.54) is 12.1 Å². The first-order valence-corrected chi connectivity index (χ1v) is 11.1. The number of alkyl halides is 3. The molecule has 34 heavy (non-hydrogen) atoms. The van der Waals surface area contributed by atoms with Crippen molar-refractivity contribution in [1.29, 1.82) is 0 Å². The molecule has 1 heterocycles. The lowest BCUT2D eigenvalue weighted by atomic mass is 9.87. The topological polar surface area (TPSA) is 82.1 Å². The van der Waals surface area contributed by atoms with Gasteiger partial charge in [0.1, 0.15) is 24.6 Å². The molecule has 4 rings (SSSR count). The molecular formula is C25H25F3O6. The van der Waals surface area contributed by atoms with Crippen LogP contribution in [-0.2, 0) is 20.4 Å². The van der Waals surface area contributed by atoms with Gasteiger partial charge in [-0.05, 0) is 43.2 Å². The molecule has 2 fully saturated rings. The zero-order chi connectivity index (χ0) is 24.3. The molecule has 2 aromatic rings. The molecule has 1 aliphatic carbocycles. The number of rotatable bonds is 8. The van der Waals surface area contributed by atoms with Crippen molar-refractivity contribution in [3.8, 4) is 5.75 Å². The Morgan fingerprint density at radius 3 is 2.65 bits per heavy atom. The van der Waals surface area contributed by atoms with E-state index in [0.29, 0.717) is 18.4 Å². The van der Waals surface area contributed by atoms with Crippen molar-refractivity contribution in [2.75, 3.05) is 6.61 Å². The van der Waals surface area contributed by atoms with E-state index in [2.05, 4.69) is 0 Å². The average Bonchev–Trinajstić information content (AvgIpc) is 3.31. The largest absolute Gasteiger partial charge is 0.491 e. The summed E-state index contributed by atoms with van der Waals surface area (Å²) in [6.07, 6.45) is -4.89. The maximum Gasteiger partial charge on any atom is 0.416 e. The molecule has 182 valence electrons. The Balaban J connectivity index is 1.34. The van der Waals surface area contributed by atoms with Crippen LogP contribution >= 0.6 is 0 Å². The Morgan fingerprint density at radius 1 is 1.15 bits per heavy atom. The van der Waals surface area contributed by atoms with Gasteiger partial charge in [-0.15, -0.1) is 0 Å². The standard InChI is InChI=1S/C25H25F3O6/c26-25(27,28)16-7-4-8-18(11-16)32-14-17(29)9-10-19-20-12-23(30)33-22(20)13-21(19)34-24(31)15-5-2-1-3-6-15/h1-8,11,17,19-22,29H,9-10,12-14H2. The number of esters is 2. The second-order valence-corrected chi connectivity index (χ2v) is 8.67. The van der Waals surface area contributed by atoms with Crippen LogP contribution in [0.5, 0.6) is 5.75 Å². The van der Waals surface area contributed by atoms with E-state index in [1.54, 1.807) is 30.3 Å². The second-order valence-electron chi connectivity index (χ2n) is 8.67. The van der Waals surface area contributed by atoms with Gasteiger partial charge in [-0.2, -0.15) is 13.2 Å². The highest BCUT2D eigenvalue weighted by Gasteiger charge is 2.51. The van der Waals surface area contributed by atoms with Crippen LogP contribution in [0, 0.1) is 11.8 Å². The molecule has 0 bridgehead atoms. The van der Waals surface area contributed by atoms with Gasteiger partial charge in [0, 0.05) is 18.3 Å². The number of benzene rings is 2. The van der Waals surface area contributed by atoms with Gasteiger partial charge < -0.3 is 19.3 Å². The van der Waals surface area contributed by atoms with Gasteiger partial charge in [0.2, 0.25) is 0 Å².